The number of piperidine rings is 1. The zero-order valence-corrected chi connectivity index (χ0v) is 16.0. The Kier molecular flexibility index (Phi) is 6.00. The van der Waals surface area contributed by atoms with Crippen LogP contribution in [0.2, 0.25) is 0 Å². The topological polar surface area (TPSA) is 78.7 Å². The SMILES string of the molecule is CC(=O)c1c(C)nn(CCC(=O)N2CCC[C@](O)(CN(C)C)C2)c1C. The molecule has 0 saturated carbocycles. The molecule has 1 saturated heterocycles. The first-order chi connectivity index (χ1) is 11.6. The lowest BCUT2D eigenvalue weighted by molar-refractivity contribution is -0.139. The second kappa shape index (κ2) is 7.66. The highest BCUT2D eigenvalue weighted by Gasteiger charge is 2.35. The van der Waals surface area contributed by atoms with Crippen molar-refractivity contribution in [3.8, 4) is 0 Å². The Morgan fingerprint density at radius 2 is 2.00 bits per heavy atom. The summed E-state index contributed by atoms with van der Waals surface area (Å²) < 4.78 is 1.74. The lowest BCUT2D eigenvalue weighted by Crippen LogP contribution is -2.54. The van der Waals surface area contributed by atoms with Crippen LogP contribution >= 0.6 is 0 Å². The summed E-state index contributed by atoms with van der Waals surface area (Å²) in [6, 6.07) is 0. The van der Waals surface area contributed by atoms with Gasteiger partial charge >= 0.3 is 0 Å². The van der Waals surface area contributed by atoms with Gasteiger partial charge < -0.3 is 14.9 Å². The number of nitrogens with zero attached hydrogens (tertiary/aromatic N) is 4. The molecule has 2 rings (SSSR count). The van der Waals surface area contributed by atoms with Gasteiger partial charge in [0.2, 0.25) is 5.91 Å². The highest BCUT2D eigenvalue weighted by Crippen LogP contribution is 2.22. The predicted molar refractivity (Wildman–Crippen MR) is 95.6 cm³/mol. The highest BCUT2D eigenvalue weighted by molar-refractivity contribution is 5.96. The molecule has 1 aromatic rings. The number of carbonyl (C=O) groups is 2. The molecule has 1 atom stereocenters. The Labute approximate surface area is 149 Å². The quantitative estimate of drug-likeness (QED) is 0.775. The Balaban J connectivity index is 1.99. The largest absolute Gasteiger partial charge is 0.387 e. The minimum Gasteiger partial charge on any atom is -0.387 e. The summed E-state index contributed by atoms with van der Waals surface area (Å²) in [6.45, 7) is 7.26. The monoisotopic (exact) mass is 350 g/mol. The molecule has 1 aliphatic heterocycles. The number of likely N-dealkylation sites (N-methyl/N-ethyl adjacent to an activating group) is 1. The van der Waals surface area contributed by atoms with E-state index in [0.29, 0.717) is 50.3 Å². The summed E-state index contributed by atoms with van der Waals surface area (Å²) in [7, 11) is 3.85. The van der Waals surface area contributed by atoms with E-state index in [1.165, 1.54) is 6.92 Å². The van der Waals surface area contributed by atoms with Gasteiger partial charge in [-0.3, -0.25) is 14.3 Å². The molecule has 7 nitrogen and oxygen atoms in total. The van der Waals surface area contributed by atoms with Crippen molar-refractivity contribution in [2.24, 2.45) is 0 Å². The van der Waals surface area contributed by atoms with Crippen LogP contribution in [0.15, 0.2) is 0 Å². The van der Waals surface area contributed by atoms with Crippen molar-refractivity contribution in [1.82, 2.24) is 19.6 Å². The van der Waals surface area contributed by atoms with Gasteiger partial charge in [0, 0.05) is 31.7 Å². The van der Waals surface area contributed by atoms with E-state index in [4.69, 9.17) is 0 Å². The summed E-state index contributed by atoms with van der Waals surface area (Å²) in [4.78, 5) is 28.0. The van der Waals surface area contributed by atoms with Crippen molar-refractivity contribution in [2.45, 2.75) is 52.2 Å². The van der Waals surface area contributed by atoms with Crippen LogP contribution in [-0.4, -0.2) is 75.7 Å². The lowest BCUT2D eigenvalue weighted by atomic mass is 9.92. The van der Waals surface area contributed by atoms with Crippen molar-refractivity contribution in [3.63, 3.8) is 0 Å². The zero-order chi connectivity index (χ0) is 18.8. The average Bonchev–Trinajstić information content (AvgIpc) is 2.77. The Morgan fingerprint density at radius 1 is 1.32 bits per heavy atom. The van der Waals surface area contributed by atoms with Gasteiger partial charge in [-0.15, -0.1) is 0 Å². The number of hydrogen-bond acceptors (Lipinski definition) is 5. The fraction of sp³-hybridized carbons (Fsp3) is 0.722. The number of carbonyl (C=O) groups excluding carboxylic acids is 2. The molecule has 2 heterocycles. The summed E-state index contributed by atoms with van der Waals surface area (Å²) in [5, 5.41) is 15.1. The van der Waals surface area contributed by atoms with E-state index in [2.05, 4.69) is 5.10 Å². The molecule has 1 amide bonds. The molecule has 1 aromatic heterocycles. The number of β-amino-alcohol motifs (C(OH)–C–C–N with tert-alkyl or cyclic N) is 1. The molecule has 1 N–H and O–H groups in total. The Hall–Kier alpha value is -1.73. The van der Waals surface area contributed by atoms with Crippen LogP contribution in [0.4, 0.5) is 0 Å². The van der Waals surface area contributed by atoms with Gasteiger partial charge in [-0.25, -0.2) is 0 Å². The summed E-state index contributed by atoms with van der Waals surface area (Å²) >= 11 is 0. The van der Waals surface area contributed by atoms with Gasteiger partial charge in [0.05, 0.1) is 23.4 Å². The zero-order valence-electron chi connectivity index (χ0n) is 16.0. The Morgan fingerprint density at radius 3 is 2.56 bits per heavy atom. The average molecular weight is 350 g/mol. The molecule has 25 heavy (non-hydrogen) atoms. The number of hydrogen-bond donors (Lipinski definition) is 1. The molecular formula is C18H30N4O3. The number of likely N-dealkylation sites (tertiary alicyclic amines) is 1. The van der Waals surface area contributed by atoms with Gasteiger partial charge in [-0.05, 0) is 47.7 Å². The number of aliphatic hydroxyl groups is 1. The van der Waals surface area contributed by atoms with Gasteiger partial charge in [0.15, 0.2) is 5.78 Å². The van der Waals surface area contributed by atoms with E-state index in [1.54, 1.807) is 9.58 Å². The third kappa shape index (κ3) is 4.67. The minimum atomic E-state index is -0.836. The first kappa shape index (κ1) is 19.6. The van der Waals surface area contributed by atoms with Crippen LogP contribution in [0.5, 0.6) is 0 Å². The van der Waals surface area contributed by atoms with Gasteiger partial charge in [-0.2, -0.15) is 5.10 Å². The molecular weight excluding hydrogens is 320 g/mol. The third-order valence-corrected chi connectivity index (χ3v) is 4.79. The van der Waals surface area contributed by atoms with E-state index < -0.39 is 5.60 Å². The maximum absolute atomic E-state index is 12.6. The molecule has 0 aromatic carbocycles. The number of Topliss-reactive ketones (excluding diaryl/α,β-unsaturated/α-hetero) is 1. The molecule has 0 bridgehead atoms. The molecule has 0 radical (unpaired) electrons. The van der Waals surface area contributed by atoms with E-state index in [9.17, 15) is 14.7 Å². The fourth-order valence-corrected chi connectivity index (χ4v) is 3.83. The summed E-state index contributed by atoms with van der Waals surface area (Å²) in [5.74, 6) is 0.0196. The van der Waals surface area contributed by atoms with Crippen LogP contribution in [0.1, 0.15) is 47.9 Å². The maximum atomic E-state index is 12.6. The number of rotatable bonds is 6. The number of aryl methyl sites for hydroxylation is 2. The van der Waals surface area contributed by atoms with E-state index in [-0.39, 0.29) is 11.7 Å². The normalized spacial score (nSPS) is 21.0. The molecule has 0 aliphatic carbocycles. The molecule has 140 valence electrons. The van der Waals surface area contributed by atoms with E-state index >= 15 is 0 Å². The van der Waals surface area contributed by atoms with Gasteiger partial charge in [0.1, 0.15) is 0 Å². The van der Waals surface area contributed by atoms with Crippen molar-refractivity contribution in [1.29, 1.82) is 0 Å². The fourth-order valence-electron chi connectivity index (χ4n) is 3.83. The second-order valence-electron chi connectivity index (χ2n) is 7.46. The molecule has 1 fully saturated rings. The lowest BCUT2D eigenvalue weighted by Gasteiger charge is -2.40. The summed E-state index contributed by atoms with van der Waals surface area (Å²) in [5.41, 5.74) is 1.32. The number of aromatic nitrogens is 2. The van der Waals surface area contributed by atoms with Crippen molar-refractivity contribution < 1.29 is 14.7 Å². The molecule has 7 heteroatoms. The first-order valence-corrected chi connectivity index (χ1v) is 8.83. The smallest absolute Gasteiger partial charge is 0.224 e. The highest BCUT2D eigenvalue weighted by atomic mass is 16.3. The van der Waals surface area contributed by atoms with Gasteiger partial charge in [-0.1, -0.05) is 0 Å². The van der Waals surface area contributed by atoms with Crippen molar-refractivity contribution in [2.75, 3.05) is 33.7 Å². The third-order valence-electron chi connectivity index (χ3n) is 4.79. The van der Waals surface area contributed by atoms with Crippen molar-refractivity contribution >= 4 is 11.7 Å². The van der Waals surface area contributed by atoms with E-state index in [0.717, 1.165) is 12.1 Å². The summed E-state index contributed by atoms with van der Waals surface area (Å²) in [6.07, 6.45) is 1.84. The molecule has 0 unspecified atom stereocenters. The molecule has 1 aliphatic rings. The number of ketones is 1. The van der Waals surface area contributed by atoms with Crippen LogP contribution in [0.3, 0.4) is 0 Å². The van der Waals surface area contributed by atoms with Crippen LogP contribution in [0.25, 0.3) is 0 Å². The first-order valence-electron chi connectivity index (χ1n) is 8.83. The van der Waals surface area contributed by atoms with Crippen molar-refractivity contribution in [3.05, 3.63) is 17.0 Å². The van der Waals surface area contributed by atoms with Crippen LogP contribution in [0, 0.1) is 13.8 Å². The second-order valence-corrected chi connectivity index (χ2v) is 7.46. The number of amides is 1. The Bertz CT molecular complexity index is 653. The minimum absolute atomic E-state index is 0.00245. The van der Waals surface area contributed by atoms with Crippen LogP contribution in [-0.2, 0) is 11.3 Å². The van der Waals surface area contributed by atoms with E-state index in [1.807, 2.05) is 32.8 Å². The standard InChI is InChI=1S/C18H30N4O3/c1-13-17(15(3)23)14(2)22(19-13)10-7-16(24)21-9-6-8-18(25,12-21)11-20(4)5/h25H,6-12H2,1-5H3/t18-/m0/s1. The molecule has 0 spiro atoms. The van der Waals surface area contributed by atoms with Crippen LogP contribution < -0.4 is 0 Å². The van der Waals surface area contributed by atoms with Gasteiger partial charge in [0.25, 0.3) is 0 Å². The predicted octanol–water partition coefficient (Wildman–Crippen LogP) is 1.01. The maximum Gasteiger partial charge on any atom is 0.224 e.